The molecule has 5 heteroatoms. The zero-order valence-corrected chi connectivity index (χ0v) is 13.4. The van der Waals surface area contributed by atoms with Crippen LogP contribution in [0.1, 0.15) is 15.9 Å². The number of nitrogens with two attached hydrogens (primary N) is 1. The number of hydrogen-bond donors (Lipinski definition) is 2. The van der Waals surface area contributed by atoms with E-state index in [-0.39, 0.29) is 5.91 Å². The lowest BCUT2D eigenvalue weighted by Crippen LogP contribution is -2.12. The van der Waals surface area contributed by atoms with Crippen molar-refractivity contribution < 1.29 is 4.79 Å². The molecule has 3 nitrogen and oxygen atoms in total. The first-order valence-corrected chi connectivity index (χ1v) is 7.18. The van der Waals surface area contributed by atoms with Gasteiger partial charge in [0.25, 0.3) is 5.91 Å². The summed E-state index contributed by atoms with van der Waals surface area (Å²) in [5.41, 5.74) is 8.73. The topological polar surface area (TPSA) is 55.1 Å². The van der Waals surface area contributed by atoms with Gasteiger partial charge in [0.2, 0.25) is 0 Å². The number of carbonyl (C=O) groups excluding carboxylic acids is 1. The molecular formula is C14H12Br2N2O. The zero-order valence-electron chi connectivity index (χ0n) is 10.2. The van der Waals surface area contributed by atoms with Crippen molar-refractivity contribution in [3.05, 3.63) is 56.5 Å². The maximum absolute atomic E-state index is 12.1. The molecule has 2 aromatic rings. The minimum atomic E-state index is -0.161. The van der Waals surface area contributed by atoms with Crippen molar-refractivity contribution in [3.8, 4) is 0 Å². The summed E-state index contributed by atoms with van der Waals surface area (Å²) in [7, 11) is 0. The van der Waals surface area contributed by atoms with Crippen LogP contribution in [0.5, 0.6) is 0 Å². The first-order chi connectivity index (χ1) is 8.97. The third-order valence-corrected chi connectivity index (χ3v) is 3.87. The number of benzene rings is 2. The van der Waals surface area contributed by atoms with E-state index in [0.717, 1.165) is 14.5 Å². The highest BCUT2D eigenvalue weighted by Crippen LogP contribution is 2.33. The second-order valence-electron chi connectivity index (χ2n) is 4.18. The molecule has 0 saturated carbocycles. The van der Waals surface area contributed by atoms with E-state index >= 15 is 0 Å². The Hall–Kier alpha value is -1.33. The first-order valence-electron chi connectivity index (χ1n) is 5.60. The van der Waals surface area contributed by atoms with E-state index in [4.69, 9.17) is 5.73 Å². The van der Waals surface area contributed by atoms with Gasteiger partial charge in [-0.05, 0) is 63.0 Å². The fourth-order valence-corrected chi connectivity index (χ4v) is 3.02. The molecule has 3 N–H and O–H groups in total. The number of rotatable bonds is 2. The highest BCUT2D eigenvalue weighted by molar-refractivity contribution is 9.11. The Morgan fingerprint density at radius 3 is 2.16 bits per heavy atom. The van der Waals surface area contributed by atoms with Gasteiger partial charge in [-0.1, -0.05) is 17.7 Å². The minimum Gasteiger partial charge on any atom is -0.399 e. The zero-order chi connectivity index (χ0) is 14.0. The molecule has 2 rings (SSSR count). The SMILES string of the molecule is Cc1ccc(C(=O)Nc2c(Br)cc(N)cc2Br)cc1. The molecule has 0 aliphatic carbocycles. The Labute approximate surface area is 128 Å². The highest BCUT2D eigenvalue weighted by atomic mass is 79.9. The van der Waals surface area contributed by atoms with Gasteiger partial charge in [-0.3, -0.25) is 4.79 Å². The van der Waals surface area contributed by atoms with Gasteiger partial charge in [0, 0.05) is 20.2 Å². The molecular weight excluding hydrogens is 372 g/mol. The molecule has 0 spiro atoms. The van der Waals surface area contributed by atoms with Crippen molar-refractivity contribution in [3.63, 3.8) is 0 Å². The predicted molar refractivity (Wildman–Crippen MR) is 85.4 cm³/mol. The summed E-state index contributed by atoms with van der Waals surface area (Å²) in [6.07, 6.45) is 0. The number of nitrogen functional groups attached to an aromatic ring is 1. The molecule has 0 atom stereocenters. The van der Waals surface area contributed by atoms with E-state index in [1.807, 2.05) is 19.1 Å². The average molecular weight is 384 g/mol. The third-order valence-electron chi connectivity index (χ3n) is 2.62. The van der Waals surface area contributed by atoms with Crippen molar-refractivity contribution in [2.45, 2.75) is 6.92 Å². The van der Waals surface area contributed by atoms with E-state index in [1.54, 1.807) is 24.3 Å². The molecule has 0 unspecified atom stereocenters. The summed E-state index contributed by atoms with van der Waals surface area (Å²) in [5, 5.41) is 2.85. The summed E-state index contributed by atoms with van der Waals surface area (Å²) >= 11 is 6.77. The maximum Gasteiger partial charge on any atom is 0.255 e. The van der Waals surface area contributed by atoms with Gasteiger partial charge in [-0.15, -0.1) is 0 Å². The normalized spacial score (nSPS) is 10.3. The molecule has 1 amide bonds. The Morgan fingerprint density at radius 1 is 1.11 bits per heavy atom. The Morgan fingerprint density at radius 2 is 1.63 bits per heavy atom. The van der Waals surface area contributed by atoms with Crippen LogP contribution in [0.3, 0.4) is 0 Å². The summed E-state index contributed by atoms with van der Waals surface area (Å²) in [5.74, 6) is -0.161. The molecule has 0 aromatic heterocycles. The summed E-state index contributed by atoms with van der Waals surface area (Å²) in [4.78, 5) is 12.1. The van der Waals surface area contributed by atoms with Crippen LogP contribution >= 0.6 is 31.9 Å². The van der Waals surface area contributed by atoms with Gasteiger partial charge in [0.05, 0.1) is 5.69 Å². The van der Waals surface area contributed by atoms with Gasteiger partial charge in [-0.2, -0.15) is 0 Å². The quantitative estimate of drug-likeness (QED) is 0.757. The molecule has 0 aliphatic heterocycles. The van der Waals surface area contributed by atoms with Crippen LogP contribution in [-0.2, 0) is 0 Å². The lowest BCUT2D eigenvalue weighted by molar-refractivity contribution is 0.102. The van der Waals surface area contributed by atoms with Crippen LogP contribution in [0.4, 0.5) is 11.4 Å². The molecule has 0 fully saturated rings. The number of aryl methyl sites for hydroxylation is 1. The van der Waals surface area contributed by atoms with Crippen LogP contribution < -0.4 is 11.1 Å². The van der Waals surface area contributed by atoms with Crippen LogP contribution in [0.2, 0.25) is 0 Å². The Bertz CT molecular complexity index is 601. The van der Waals surface area contributed by atoms with Crippen LogP contribution in [-0.4, -0.2) is 5.91 Å². The average Bonchev–Trinajstić information content (AvgIpc) is 2.34. The van der Waals surface area contributed by atoms with Crippen molar-refractivity contribution in [2.75, 3.05) is 11.1 Å². The monoisotopic (exact) mass is 382 g/mol. The van der Waals surface area contributed by atoms with Gasteiger partial charge in [0.1, 0.15) is 0 Å². The largest absolute Gasteiger partial charge is 0.399 e. The number of nitrogens with one attached hydrogen (secondary N) is 1. The van der Waals surface area contributed by atoms with Crippen molar-refractivity contribution in [1.82, 2.24) is 0 Å². The fourth-order valence-electron chi connectivity index (χ4n) is 1.60. The number of carbonyl (C=O) groups is 1. The number of anilines is 2. The van der Waals surface area contributed by atoms with E-state index in [1.165, 1.54) is 0 Å². The van der Waals surface area contributed by atoms with Gasteiger partial charge < -0.3 is 11.1 Å². The minimum absolute atomic E-state index is 0.161. The van der Waals surface area contributed by atoms with Crippen LogP contribution in [0.25, 0.3) is 0 Å². The smallest absolute Gasteiger partial charge is 0.255 e. The predicted octanol–water partition coefficient (Wildman–Crippen LogP) is 4.35. The molecule has 98 valence electrons. The Balaban J connectivity index is 2.26. The van der Waals surface area contributed by atoms with Gasteiger partial charge >= 0.3 is 0 Å². The van der Waals surface area contributed by atoms with Crippen LogP contribution in [0.15, 0.2) is 45.3 Å². The van der Waals surface area contributed by atoms with Gasteiger partial charge in [0.15, 0.2) is 0 Å². The second-order valence-corrected chi connectivity index (χ2v) is 5.89. The summed E-state index contributed by atoms with van der Waals surface area (Å²) in [6.45, 7) is 1.98. The summed E-state index contributed by atoms with van der Waals surface area (Å²) in [6, 6.07) is 10.9. The first kappa shape index (κ1) is 14.1. The number of hydrogen-bond acceptors (Lipinski definition) is 2. The number of halogens is 2. The van der Waals surface area contributed by atoms with Crippen LogP contribution in [0, 0.1) is 6.92 Å². The van der Waals surface area contributed by atoms with Crippen molar-refractivity contribution in [1.29, 1.82) is 0 Å². The van der Waals surface area contributed by atoms with Crippen molar-refractivity contribution in [2.24, 2.45) is 0 Å². The lowest BCUT2D eigenvalue weighted by Gasteiger charge is -2.10. The fraction of sp³-hybridized carbons (Fsp3) is 0.0714. The standard InChI is InChI=1S/C14H12Br2N2O/c1-8-2-4-9(5-3-8)14(19)18-13-11(15)6-10(17)7-12(13)16/h2-7H,17H2,1H3,(H,18,19). The van der Waals surface area contributed by atoms with Gasteiger partial charge in [-0.25, -0.2) is 0 Å². The molecule has 0 aliphatic rings. The number of amides is 1. The van der Waals surface area contributed by atoms with E-state index in [9.17, 15) is 4.79 Å². The molecule has 0 saturated heterocycles. The second kappa shape index (κ2) is 5.75. The highest BCUT2D eigenvalue weighted by Gasteiger charge is 2.11. The molecule has 0 bridgehead atoms. The molecule has 19 heavy (non-hydrogen) atoms. The van der Waals surface area contributed by atoms with E-state index in [2.05, 4.69) is 37.2 Å². The third kappa shape index (κ3) is 3.36. The van der Waals surface area contributed by atoms with Crippen molar-refractivity contribution >= 4 is 49.1 Å². The molecule has 0 radical (unpaired) electrons. The van der Waals surface area contributed by atoms with E-state index < -0.39 is 0 Å². The molecule has 0 heterocycles. The lowest BCUT2D eigenvalue weighted by atomic mass is 10.1. The maximum atomic E-state index is 12.1. The summed E-state index contributed by atoms with van der Waals surface area (Å²) < 4.78 is 1.47. The Kier molecular flexibility index (Phi) is 4.27. The molecule has 2 aromatic carbocycles. The van der Waals surface area contributed by atoms with E-state index in [0.29, 0.717) is 16.9 Å².